The van der Waals surface area contributed by atoms with Gasteiger partial charge in [-0.25, -0.2) is 35.2 Å². The molecule has 8 amide bonds. The van der Waals surface area contributed by atoms with Crippen molar-refractivity contribution < 1.29 is 83.3 Å². The van der Waals surface area contributed by atoms with E-state index in [1.165, 1.54) is 52.5 Å². The molecule has 31 heteroatoms. The fourth-order valence-corrected chi connectivity index (χ4v) is 14.6. The molecule has 6 aliphatic rings. The van der Waals surface area contributed by atoms with Crippen molar-refractivity contribution in [3.63, 3.8) is 0 Å². The summed E-state index contributed by atoms with van der Waals surface area (Å²) in [5.41, 5.74) is -5.92. The third-order valence-corrected chi connectivity index (χ3v) is 21.4. The number of ether oxygens (including phenoxy) is 3. The van der Waals surface area contributed by atoms with E-state index in [0.29, 0.717) is 47.0 Å². The molecule has 0 radical (unpaired) electrons. The number of para-hydroxylation sites is 2. The summed E-state index contributed by atoms with van der Waals surface area (Å²) in [6, 6.07) is 7.80. The Morgan fingerprint density at radius 2 is 1.02 bits per heavy atom. The maximum atomic E-state index is 14.5. The lowest BCUT2D eigenvalue weighted by molar-refractivity contribution is -0.143. The number of alkyl carbamates (subject to hydrolysis) is 2. The number of likely N-dealkylation sites (tertiary alicyclic amines) is 2. The number of hydrogen-bond donors (Lipinski definition) is 7. The normalized spacial score (nSPS) is 24.2. The van der Waals surface area contributed by atoms with Gasteiger partial charge in [-0.15, -0.1) is 13.2 Å². The number of aliphatic hydroxyl groups excluding tert-OH is 1. The Hall–Kier alpha value is -8.09. The molecule has 540 valence electrons. The zero-order valence-electron chi connectivity index (χ0n) is 57.5. The first-order chi connectivity index (χ1) is 45.8. The number of sulfonamides is 2. The largest absolute Gasteiger partial charge is 0.488 e. The van der Waals surface area contributed by atoms with Gasteiger partial charge in [0.1, 0.15) is 81.0 Å². The van der Waals surface area contributed by atoms with Crippen LogP contribution in [0.15, 0.2) is 86.2 Å². The van der Waals surface area contributed by atoms with Crippen molar-refractivity contribution in [1.82, 2.24) is 50.5 Å². The van der Waals surface area contributed by atoms with Crippen LogP contribution in [0.3, 0.4) is 0 Å². The summed E-state index contributed by atoms with van der Waals surface area (Å²) < 4.78 is 98.7. The number of carbonyl (C=O) groups excluding carboxylic acids is 8. The highest BCUT2D eigenvalue weighted by molar-refractivity contribution is 7.91. The number of benzene rings is 2. The van der Waals surface area contributed by atoms with Crippen LogP contribution in [0.5, 0.6) is 5.75 Å². The van der Waals surface area contributed by atoms with E-state index in [1.54, 1.807) is 113 Å². The maximum absolute atomic E-state index is 14.5. The average molecular weight is 1440 g/mol. The van der Waals surface area contributed by atoms with Gasteiger partial charge in [-0.3, -0.25) is 48.2 Å². The summed E-state index contributed by atoms with van der Waals surface area (Å²) in [5, 5.41) is 21.3. The first-order valence-electron chi connectivity index (χ1n) is 32.5. The second-order valence-electron chi connectivity index (χ2n) is 30.0. The van der Waals surface area contributed by atoms with Gasteiger partial charge in [-0.05, 0) is 121 Å². The second-order valence-corrected chi connectivity index (χ2v) is 34.3. The van der Waals surface area contributed by atoms with Crippen molar-refractivity contribution in [3.8, 4) is 5.75 Å². The highest BCUT2D eigenvalue weighted by Gasteiger charge is 2.64. The number of fused-ring (bicyclic) bond motifs is 2. The fraction of sp³-hybridized carbons (Fsp3) is 0.559. The molecule has 2 aromatic carbocycles. The van der Waals surface area contributed by atoms with Crippen LogP contribution in [-0.4, -0.2) is 172 Å². The smallest absolute Gasteiger partial charge is 0.408 e. The topological polar surface area (TPSA) is 357 Å². The number of nitrogens with one attached hydrogen (secondary N) is 6. The minimum absolute atomic E-state index is 0.0309. The van der Waals surface area contributed by atoms with E-state index in [0.717, 1.165) is 0 Å². The SMILES string of the molecule is C=CC1C[C@]1(NC(=O)[C@@H]1C[C@@H](O)CN1C(=O)[C@@H](NC(=O)OC(C)(C)C)C(C)(C)C)C(=O)NS(=O)(=O)C1CC1.C=CC1C[C@]1(NC(=O)[C@@H]1C[C@@H](Oc2ccnc3c(F)cccc23)CN1C(=O)[C@@H](NC(=O)OC(C)(C)C)C(C)(C)C)C(=O)NS(=O)(=O)C1CC1.Fc1cccc2c(Cl)ccnc12. The number of halogens is 3. The number of nitrogens with zero attached hydrogens (tertiary/aromatic N) is 4. The molecule has 6 fully saturated rings. The Morgan fingerprint density at radius 1 is 0.616 bits per heavy atom. The zero-order chi connectivity index (χ0) is 73.5. The van der Waals surface area contributed by atoms with Gasteiger partial charge >= 0.3 is 12.2 Å². The Labute approximate surface area is 580 Å². The number of amides is 8. The van der Waals surface area contributed by atoms with Crippen molar-refractivity contribution >= 4 is 101 Å². The molecule has 2 unspecified atom stereocenters. The molecule has 4 saturated carbocycles. The summed E-state index contributed by atoms with van der Waals surface area (Å²) in [6.45, 7) is 27.8. The average Bonchev–Trinajstić information content (AvgIpc) is 1.58. The molecule has 0 bridgehead atoms. The van der Waals surface area contributed by atoms with Crippen LogP contribution >= 0.6 is 11.6 Å². The molecule has 10 atom stereocenters. The van der Waals surface area contributed by atoms with Crippen LogP contribution < -0.4 is 35.4 Å². The lowest BCUT2D eigenvalue weighted by Gasteiger charge is -2.36. The van der Waals surface area contributed by atoms with Gasteiger partial charge in [0.15, 0.2) is 0 Å². The third kappa shape index (κ3) is 18.5. The van der Waals surface area contributed by atoms with E-state index in [2.05, 4.69) is 53.8 Å². The Morgan fingerprint density at radius 3 is 1.41 bits per heavy atom. The highest BCUT2D eigenvalue weighted by Crippen LogP contribution is 2.47. The first-order valence-corrected chi connectivity index (χ1v) is 36.0. The van der Waals surface area contributed by atoms with Crippen molar-refractivity contribution in [2.75, 3.05) is 13.1 Å². The highest BCUT2D eigenvalue weighted by atomic mass is 35.5. The number of pyridine rings is 2. The fourth-order valence-electron chi connectivity index (χ4n) is 11.7. The van der Waals surface area contributed by atoms with Gasteiger partial charge in [0, 0.05) is 54.4 Å². The predicted molar refractivity (Wildman–Crippen MR) is 363 cm³/mol. The summed E-state index contributed by atoms with van der Waals surface area (Å²) in [4.78, 5) is 118. The van der Waals surface area contributed by atoms with E-state index < -0.39 is 165 Å². The third-order valence-electron chi connectivity index (χ3n) is 17.4. The molecule has 4 heterocycles. The van der Waals surface area contributed by atoms with Crippen LogP contribution in [0, 0.1) is 34.3 Å². The summed E-state index contributed by atoms with van der Waals surface area (Å²) in [7, 11) is -7.75. The van der Waals surface area contributed by atoms with Crippen molar-refractivity contribution in [2.45, 2.75) is 204 Å². The molecule has 4 aromatic rings. The standard InChI is InChI=1S/C34H44FN5O8S.C25H40N4O8S.C9H5ClFN/c1-8-19-17-34(19,30(43)39-49(45,46)21-12-13-21)38-28(41)24-16-20(47-25-14-15-36-26-22(25)10-9-11-23(26)35)18-40(24)29(42)27(32(2,3)4)37-31(44)48-33(5,6)7;1-8-14-12-25(14,21(33)28-38(35,36)16-9-10-16)27-19(31)17-11-15(30)13-29(17)20(32)18(23(2,3)4)26-22(34)37-24(5,6)7;10-7-4-5-12-9-6(7)2-1-3-8(9)11/h8-11,14-15,19-21,24,27H,1,12-13,16-18H2,2-7H3,(H,37,44)(H,38,41)(H,39,43);8,14-18,30H,1,9-13H2,2-7H3,(H,26,34)(H,27,31)(H,28,33);1-5H/t19?,20-,24+,27-,34-;14?,15-,17+,18-,25-;/m11./s1. The predicted octanol–water partition coefficient (Wildman–Crippen LogP) is 6.92. The maximum Gasteiger partial charge on any atom is 0.408 e. The van der Waals surface area contributed by atoms with Crippen LogP contribution in [0.4, 0.5) is 18.4 Å². The summed E-state index contributed by atoms with van der Waals surface area (Å²) in [6.07, 6.45) is 4.41. The van der Waals surface area contributed by atoms with Crippen molar-refractivity contribution in [2.24, 2.45) is 22.7 Å². The molecule has 2 aromatic heterocycles. The number of aliphatic hydroxyl groups is 1. The number of rotatable bonds is 18. The van der Waals surface area contributed by atoms with Crippen molar-refractivity contribution in [1.29, 1.82) is 0 Å². The molecule has 2 saturated heterocycles. The zero-order valence-corrected chi connectivity index (χ0v) is 59.9. The van der Waals surface area contributed by atoms with Gasteiger partial charge in [-0.1, -0.05) is 83.5 Å². The van der Waals surface area contributed by atoms with E-state index in [4.69, 9.17) is 25.8 Å². The molecule has 2 aliphatic heterocycles. The molecule has 7 N–H and O–H groups in total. The van der Waals surface area contributed by atoms with E-state index in [9.17, 15) is 69.1 Å². The van der Waals surface area contributed by atoms with Crippen molar-refractivity contribution in [3.05, 3.63) is 103 Å². The van der Waals surface area contributed by atoms with Crippen LogP contribution in [0.1, 0.15) is 134 Å². The molecule has 0 spiro atoms. The lowest BCUT2D eigenvalue weighted by atomic mass is 9.85. The first kappa shape index (κ1) is 76.7. The van der Waals surface area contributed by atoms with Gasteiger partial charge in [0.05, 0.1) is 28.2 Å². The van der Waals surface area contributed by atoms with Gasteiger partial charge in [0.25, 0.3) is 11.8 Å². The van der Waals surface area contributed by atoms with E-state index >= 15 is 0 Å². The van der Waals surface area contributed by atoms with Gasteiger partial charge in [0.2, 0.25) is 43.7 Å². The quantitative estimate of drug-likeness (QED) is 0.0497. The van der Waals surface area contributed by atoms with E-state index in [1.807, 2.05) is 0 Å². The van der Waals surface area contributed by atoms with Gasteiger partial charge < -0.3 is 50.4 Å². The summed E-state index contributed by atoms with van der Waals surface area (Å²) in [5.74, 6) is -5.95. The van der Waals surface area contributed by atoms with Crippen LogP contribution in [-0.2, 0) is 58.3 Å². The number of hydrogen-bond acceptors (Lipinski definition) is 18. The van der Waals surface area contributed by atoms with Crippen LogP contribution in [0.2, 0.25) is 5.02 Å². The number of β-amino-alcohol motifs (C(OH)–C–C–N with tert-alkyl or cyclic N) is 1. The monoisotopic (exact) mass is 1440 g/mol. The minimum Gasteiger partial charge on any atom is -0.488 e. The Bertz CT molecular complexity index is 4040. The number of carbonyl (C=O) groups is 8. The lowest BCUT2D eigenvalue weighted by Crippen LogP contribution is -2.60. The molecular weight excluding hydrogens is 1350 g/mol. The molecular formula is C68H89ClF2N10O16S2. The van der Waals surface area contributed by atoms with Crippen LogP contribution in [0.25, 0.3) is 21.8 Å². The Kier molecular flexibility index (Phi) is 22.4. The molecule has 4 aliphatic carbocycles. The molecule has 10 rings (SSSR count). The second kappa shape index (κ2) is 28.9. The van der Waals surface area contributed by atoms with Gasteiger partial charge in [-0.2, -0.15) is 0 Å². The number of aromatic nitrogens is 2. The Balaban J connectivity index is 0.000000220. The summed E-state index contributed by atoms with van der Waals surface area (Å²) >= 11 is 5.82. The molecule has 26 nitrogen and oxygen atoms in total. The molecule has 99 heavy (non-hydrogen) atoms. The minimum atomic E-state index is -3.91. The van der Waals surface area contributed by atoms with E-state index in [-0.39, 0.29) is 55.9 Å².